The van der Waals surface area contributed by atoms with E-state index in [0.717, 1.165) is 6.42 Å². The molecule has 0 radical (unpaired) electrons. The van der Waals surface area contributed by atoms with Gasteiger partial charge in [0.05, 0.1) is 24.8 Å². The average Bonchev–Trinajstić information content (AvgIpc) is 3.33. The van der Waals surface area contributed by atoms with Crippen molar-refractivity contribution in [3.63, 3.8) is 0 Å². The molecule has 166 valence electrons. The molecule has 0 spiro atoms. The van der Waals surface area contributed by atoms with Crippen molar-refractivity contribution < 1.29 is 14.1 Å². The van der Waals surface area contributed by atoms with E-state index in [4.69, 9.17) is 9.26 Å². The Hall–Kier alpha value is -4.27. The highest BCUT2D eigenvalue weighted by Gasteiger charge is 2.33. The Labute approximate surface area is 190 Å². The number of benzene rings is 2. The Bertz CT molecular complexity index is 1210. The molecule has 1 saturated heterocycles. The first kappa shape index (κ1) is 20.6. The number of carbonyl (C=O) groups excluding carboxylic acids is 1. The highest BCUT2D eigenvalue weighted by Crippen LogP contribution is 2.31. The van der Waals surface area contributed by atoms with E-state index in [1.807, 2.05) is 42.5 Å². The van der Waals surface area contributed by atoms with Crippen molar-refractivity contribution in [2.75, 3.05) is 19.6 Å². The van der Waals surface area contributed by atoms with E-state index in [0.29, 0.717) is 48.4 Å². The Morgan fingerprint density at radius 1 is 1.09 bits per heavy atom. The van der Waals surface area contributed by atoms with Crippen LogP contribution >= 0.6 is 0 Å². The number of urea groups is 1. The maximum Gasteiger partial charge on any atom is 0.317 e. The largest absolute Gasteiger partial charge is 0.486 e. The molecule has 3 heterocycles. The van der Waals surface area contributed by atoms with Crippen LogP contribution in [0, 0.1) is 0 Å². The monoisotopic (exact) mass is 442 g/mol. The number of likely N-dealkylation sites (tertiary alicyclic amines) is 1. The molecule has 33 heavy (non-hydrogen) atoms. The summed E-state index contributed by atoms with van der Waals surface area (Å²) in [6.45, 7) is 1.62. The zero-order valence-electron chi connectivity index (χ0n) is 17.8. The van der Waals surface area contributed by atoms with Crippen molar-refractivity contribution in [1.29, 1.82) is 0 Å². The van der Waals surface area contributed by atoms with Crippen molar-refractivity contribution in [3.05, 3.63) is 78.8 Å². The first-order valence-corrected chi connectivity index (χ1v) is 10.7. The smallest absolute Gasteiger partial charge is 0.317 e. The lowest BCUT2D eigenvalue weighted by atomic mass is 10.1. The van der Waals surface area contributed by atoms with Gasteiger partial charge in [-0.2, -0.15) is 4.98 Å². The number of rotatable bonds is 7. The Morgan fingerprint density at radius 3 is 2.73 bits per heavy atom. The summed E-state index contributed by atoms with van der Waals surface area (Å²) in [6.07, 6.45) is 5.43. The van der Waals surface area contributed by atoms with Crippen molar-refractivity contribution in [1.82, 2.24) is 30.3 Å². The lowest BCUT2D eigenvalue weighted by molar-refractivity contribution is 0.0448. The number of hydrogen-bond acceptors (Lipinski definition) is 7. The van der Waals surface area contributed by atoms with E-state index in [9.17, 15) is 4.79 Å². The molecular weight excluding hydrogens is 420 g/mol. The van der Waals surface area contributed by atoms with E-state index < -0.39 is 0 Å². The number of ether oxygens (including phenoxy) is 1. The molecule has 0 saturated carbocycles. The van der Waals surface area contributed by atoms with Gasteiger partial charge >= 0.3 is 6.03 Å². The molecule has 0 aliphatic carbocycles. The Balaban J connectivity index is 1.16. The quantitative estimate of drug-likeness (QED) is 0.468. The molecule has 9 heteroatoms. The van der Waals surface area contributed by atoms with Crippen LogP contribution in [0.4, 0.5) is 4.79 Å². The van der Waals surface area contributed by atoms with E-state index in [2.05, 4.69) is 37.6 Å². The Morgan fingerprint density at radius 2 is 1.91 bits per heavy atom. The minimum atomic E-state index is -0.103. The molecule has 2 amide bonds. The molecular formula is C24H22N6O3. The maximum atomic E-state index is 12.4. The van der Waals surface area contributed by atoms with Gasteiger partial charge in [-0.05, 0) is 24.1 Å². The first-order chi connectivity index (χ1) is 16.3. The second-order valence-corrected chi connectivity index (χ2v) is 7.62. The summed E-state index contributed by atoms with van der Waals surface area (Å²) >= 11 is 0. The van der Waals surface area contributed by atoms with Crippen LogP contribution in [0.5, 0.6) is 5.75 Å². The fourth-order valence-corrected chi connectivity index (χ4v) is 3.53. The molecule has 1 N–H and O–H groups in total. The highest BCUT2D eigenvalue weighted by atomic mass is 16.5. The summed E-state index contributed by atoms with van der Waals surface area (Å²) in [7, 11) is 0. The lowest BCUT2D eigenvalue weighted by Gasteiger charge is -2.39. The molecule has 1 fully saturated rings. The predicted octanol–water partition coefficient (Wildman–Crippen LogP) is 3.21. The molecule has 5 rings (SSSR count). The van der Waals surface area contributed by atoms with E-state index in [1.165, 1.54) is 5.56 Å². The van der Waals surface area contributed by atoms with Crippen LogP contribution in [-0.4, -0.2) is 56.8 Å². The van der Waals surface area contributed by atoms with Crippen molar-refractivity contribution in [3.8, 4) is 28.7 Å². The van der Waals surface area contributed by atoms with Crippen LogP contribution in [0.3, 0.4) is 0 Å². The third-order valence-electron chi connectivity index (χ3n) is 5.30. The topological polar surface area (TPSA) is 106 Å². The van der Waals surface area contributed by atoms with Crippen LogP contribution in [-0.2, 0) is 6.42 Å². The van der Waals surface area contributed by atoms with Crippen LogP contribution < -0.4 is 10.1 Å². The number of para-hydroxylation sites is 1. The number of nitrogens with zero attached hydrogens (tertiary/aromatic N) is 5. The van der Waals surface area contributed by atoms with Gasteiger partial charge in [0.2, 0.25) is 5.82 Å². The molecule has 2 aromatic carbocycles. The number of aromatic nitrogens is 4. The third kappa shape index (κ3) is 4.82. The van der Waals surface area contributed by atoms with Crippen LogP contribution in [0.15, 0.2) is 77.7 Å². The third-order valence-corrected chi connectivity index (χ3v) is 5.30. The number of hydrogen-bond donors (Lipinski definition) is 1. The van der Waals surface area contributed by atoms with Gasteiger partial charge in [-0.3, -0.25) is 4.98 Å². The SMILES string of the molecule is O=C(NCCc1ccccc1)N1CC(Oc2ccccc2-c2nc(-c3cnccn3)no2)C1. The van der Waals surface area contributed by atoms with Gasteiger partial charge < -0.3 is 19.5 Å². The van der Waals surface area contributed by atoms with Crippen LogP contribution in [0.25, 0.3) is 23.0 Å². The van der Waals surface area contributed by atoms with Gasteiger partial charge in [0.25, 0.3) is 5.89 Å². The zero-order chi connectivity index (χ0) is 22.5. The summed E-state index contributed by atoms with van der Waals surface area (Å²) in [5.41, 5.74) is 2.41. The first-order valence-electron chi connectivity index (χ1n) is 10.7. The predicted molar refractivity (Wildman–Crippen MR) is 120 cm³/mol. The zero-order valence-corrected chi connectivity index (χ0v) is 17.8. The molecule has 1 aliphatic heterocycles. The van der Waals surface area contributed by atoms with Gasteiger partial charge in [-0.15, -0.1) is 0 Å². The van der Waals surface area contributed by atoms with Crippen molar-refractivity contribution >= 4 is 6.03 Å². The number of amides is 2. The minimum absolute atomic E-state index is 0.0791. The molecule has 9 nitrogen and oxygen atoms in total. The van der Waals surface area contributed by atoms with Gasteiger partial charge in [-0.1, -0.05) is 47.6 Å². The second-order valence-electron chi connectivity index (χ2n) is 7.62. The molecule has 0 bridgehead atoms. The van der Waals surface area contributed by atoms with E-state index >= 15 is 0 Å². The van der Waals surface area contributed by atoms with Gasteiger partial charge in [0.1, 0.15) is 17.5 Å². The second kappa shape index (κ2) is 9.47. The minimum Gasteiger partial charge on any atom is -0.486 e. The van der Waals surface area contributed by atoms with Crippen molar-refractivity contribution in [2.45, 2.75) is 12.5 Å². The fourth-order valence-electron chi connectivity index (χ4n) is 3.53. The summed E-state index contributed by atoms with van der Waals surface area (Å²) in [6, 6.07) is 17.5. The van der Waals surface area contributed by atoms with E-state index in [1.54, 1.807) is 23.5 Å². The lowest BCUT2D eigenvalue weighted by Crippen LogP contribution is -2.59. The number of nitrogens with one attached hydrogen (secondary N) is 1. The molecule has 4 aromatic rings. The van der Waals surface area contributed by atoms with Crippen LogP contribution in [0.2, 0.25) is 0 Å². The van der Waals surface area contributed by atoms with E-state index in [-0.39, 0.29) is 12.1 Å². The standard InChI is InChI=1S/C24H22N6O3/c31-24(27-11-10-17-6-2-1-3-7-17)30-15-18(16-30)32-21-9-5-4-8-19(21)23-28-22(29-33-23)20-14-25-12-13-26-20/h1-9,12-14,18H,10-11,15-16H2,(H,27,31). The molecule has 0 unspecified atom stereocenters. The van der Waals surface area contributed by atoms with Crippen molar-refractivity contribution in [2.24, 2.45) is 0 Å². The summed E-state index contributed by atoms with van der Waals surface area (Å²) in [5.74, 6) is 1.32. The summed E-state index contributed by atoms with van der Waals surface area (Å²) in [5, 5.41) is 6.96. The molecule has 2 aromatic heterocycles. The maximum absolute atomic E-state index is 12.4. The normalized spacial score (nSPS) is 13.4. The molecule has 0 atom stereocenters. The fraction of sp³-hybridized carbons (Fsp3) is 0.208. The van der Waals surface area contributed by atoms with Gasteiger partial charge in [0, 0.05) is 18.9 Å². The summed E-state index contributed by atoms with van der Waals surface area (Å²) in [4.78, 5) is 26.7. The van der Waals surface area contributed by atoms with Crippen LogP contribution in [0.1, 0.15) is 5.56 Å². The Kier molecular flexibility index (Phi) is 5.92. The highest BCUT2D eigenvalue weighted by molar-refractivity contribution is 5.75. The van der Waals surface area contributed by atoms with Gasteiger partial charge in [-0.25, -0.2) is 9.78 Å². The summed E-state index contributed by atoms with van der Waals surface area (Å²) < 4.78 is 11.6. The number of carbonyl (C=O) groups is 1. The average molecular weight is 442 g/mol. The molecule has 1 aliphatic rings. The van der Waals surface area contributed by atoms with Gasteiger partial charge in [0.15, 0.2) is 0 Å².